The van der Waals surface area contributed by atoms with Gasteiger partial charge in [-0.2, -0.15) is 0 Å². The molecule has 0 amide bonds. The molecule has 0 aliphatic carbocycles. The van der Waals surface area contributed by atoms with Crippen molar-refractivity contribution in [3.05, 3.63) is 83.2 Å². The second-order valence-electron chi connectivity index (χ2n) is 6.92. The Hall–Kier alpha value is -2.79. The third kappa shape index (κ3) is 3.90. The van der Waals surface area contributed by atoms with Crippen LogP contribution in [0, 0.1) is 13.8 Å². The lowest BCUT2D eigenvalue weighted by molar-refractivity contribution is 0.290. The van der Waals surface area contributed by atoms with Crippen molar-refractivity contribution in [1.82, 2.24) is 14.8 Å². The van der Waals surface area contributed by atoms with Crippen molar-refractivity contribution in [2.75, 3.05) is 0 Å². The van der Waals surface area contributed by atoms with E-state index in [9.17, 15) is 0 Å². The first-order valence-electron chi connectivity index (χ1n) is 9.29. The Morgan fingerprint density at radius 2 is 1.75 bits per heavy atom. The Morgan fingerprint density at radius 3 is 2.61 bits per heavy atom. The highest BCUT2D eigenvalue weighted by Crippen LogP contribution is 2.26. The van der Waals surface area contributed by atoms with Gasteiger partial charge in [0.15, 0.2) is 11.0 Å². The number of fused-ring (bicyclic) bond motifs is 1. The highest BCUT2D eigenvalue weighted by molar-refractivity contribution is 7.98. The molecule has 3 aromatic carbocycles. The van der Waals surface area contributed by atoms with Gasteiger partial charge in [-0.3, -0.25) is 0 Å². The first kappa shape index (κ1) is 18.6. The lowest BCUT2D eigenvalue weighted by Gasteiger charge is -2.09. The summed E-state index contributed by atoms with van der Waals surface area (Å²) in [7, 11) is 1.99. The molecule has 0 aliphatic rings. The largest absolute Gasteiger partial charge is 0.486 e. The number of hydrogen-bond donors (Lipinski definition) is 0. The quantitative estimate of drug-likeness (QED) is 0.411. The number of aromatic nitrogens is 3. The van der Waals surface area contributed by atoms with Gasteiger partial charge in [-0.15, -0.1) is 10.2 Å². The summed E-state index contributed by atoms with van der Waals surface area (Å²) in [6.45, 7) is 4.59. The van der Waals surface area contributed by atoms with E-state index in [0.717, 1.165) is 22.5 Å². The zero-order valence-electron chi connectivity index (χ0n) is 16.3. The summed E-state index contributed by atoms with van der Waals surface area (Å²) in [5, 5.41) is 12.1. The summed E-state index contributed by atoms with van der Waals surface area (Å²) in [6, 6.07) is 21.0. The fourth-order valence-corrected chi connectivity index (χ4v) is 4.04. The van der Waals surface area contributed by atoms with Gasteiger partial charge < -0.3 is 9.30 Å². The van der Waals surface area contributed by atoms with E-state index in [4.69, 9.17) is 4.74 Å². The van der Waals surface area contributed by atoms with Crippen molar-refractivity contribution >= 4 is 22.5 Å². The van der Waals surface area contributed by atoms with Crippen molar-refractivity contribution in [2.24, 2.45) is 7.05 Å². The Kier molecular flexibility index (Phi) is 5.35. The molecule has 0 unspecified atom stereocenters. The zero-order valence-corrected chi connectivity index (χ0v) is 17.2. The van der Waals surface area contributed by atoms with E-state index in [1.165, 1.54) is 27.5 Å². The van der Waals surface area contributed by atoms with Crippen LogP contribution in [0.15, 0.2) is 65.8 Å². The molecular formula is C23H23N3OS. The van der Waals surface area contributed by atoms with Crippen LogP contribution in [0.1, 0.15) is 22.5 Å². The number of aryl methyl sites for hydroxylation is 2. The minimum Gasteiger partial charge on any atom is -0.486 e. The molecule has 28 heavy (non-hydrogen) atoms. The van der Waals surface area contributed by atoms with Crippen LogP contribution in [0.2, 0.25) is 0 Å². The molecule has 0 saturated heterocycles. The van der Waals surface area contributed by atoms with Crippen LogP contribution >= 0.6 is 11.8 Å². The van der Waals surface area contributed by atoms with Crippen LogP contribution in [0.3, 0.4) is 0 Å². The number of ether oxygens (including phenoxy) is 1. The van der Waals surface area contributed by atoms with Gasteiger partial charge in [0, 0.05) is 12.8 Å². The second-order valence-corrected chi connectivity index (χ2v) is 7.86. The summed E-state index contributed by atoms with van der Waals surface area (Å²) < 4.78 is 7.92. The van der Waals surface area contributed by atoms with Gasteiger partial charge in [-0.05, 0) is 53.4 Å². The van der Waals surface area contributed by atoms with Crippen LogP contribution in [-0.4, -0.2) is 14.8 Å². The molecule has 4 aromatic rings. The van der Waals surface area contributed by atoms with Gasteiger partial charge in [-0.1, -0.05) is 60.3 Å². The van der Waals surface area contributed by atoms with E-state index < -0.39 is 0 Å². The lowest BCUT2D eigenvalue weighted by Crippen LogP contribution is -2.04. The summed E-state index contributed by atoms with van der Waals surface area (Å²) in [4.78, 5) is 0. The van der Waals surface area contributed by atoms with Crippen molar-refractivity contribution in [3.63, 3.8) is 0 Å². The molecule has 4 rings (SSSR count). The van der Waals surface area contributed by atoms with E-state index >= 15 is 0 Å². The fraction of sp³-hybridized carbons (Fsp3) is 0.217. The van der Waals surface area contributed by atoms with Crippen LogP contribution in [-0.2, 0) is 19.4 Å². The molecular weight excluding hydrogens is 366 g/mol. The molecule has 0 atom stereocenters. The third-order valence-electron chi connectivity index (χ3n) is 5.01. The van der Waals surface area contributed by atoms with E-state index in [1.807, 2.05) is 17.7 Å². The molecule has 4 nitrogen and oxygen atoms in total. The number of thioether (sulfide) groups is 1. The maximum atomic E-state index is 5.91. The Bertz CT molecular complexity index is 1110. The monoisotopic (exact) mass is 389 g/mol. The fourth-order valence-electron chi connectivity index (χ4n) is 3.11. The second kappa shape index (κ2) is 8.07. The third-order valence-corrected chi connectivity index (χ3v) is 6.08. The van der Waals surface area contributed by atoms with Gasteiger partial charge >= 0.3 is 0 Å². The Morgan fingerprint density at radius 1 is 0.929 bits per heavy atom. The summed E-state index contributed by atoms with van der Waals surface area (Å²) >= 11 is 1.70. The van der Waals surface area contributed by atoms with Crippen molar-refractivity contribution < 1.29 is 4.74 Å². The number of hydrogen-bond acceptors (Lipinski definition) is 4. The smallest absolute Gasteiger partial charge is 0.191 e. The maximum Gasteiger partial charge on any atom is 0.191 e. The van der Waals surface area contributed by atoms with E-state index in [-0.39, 0.29) is 0 Å². The van der Waals surface area contributed by atoms with Gasteiger partial charge in [0.05, 0.1) is 0 Å². The summed E-state index contributed by atoms with van der Waals surface area (Å²) in [6.07, 6.45) is 0. The minimum atomic E-state index is 0.404. The predicted octanol–water partition coefficient (Wildman–Crippen LogP) is 5.46. The Balaban J connectivity index is 1.44. The van der Waals surface area contributed by atoms with E-state index in [2.05, 4.69) is 78.6 Å². The molecule has 5 heteroatoms. The molecule has 0 spiro atoms. The van der Waals surface area contributed by atoms with Crippen molar-refractivity contribution in [1.29, 1.82) is 0 Å². The number of benzene rings is 3. The number of rotatable bonds is 6. The Labute approximate surface area is 169 Å². The highest BCUT2D eigenvalue weighted by Gasteiger charge is 2.11. The van der Waals surface area contributed by atoms with E-state index in [1.54, 1.807) is 11.8 Å². The first-order valence-corrected chi connectivity index (χ1v) is 10.3. The maximum absolute atomic E-state index is 5.91. The summed E-state index contributed by atoms with van der Waals surface area (Å²) in [5.74, 6) is 2.53. The molecule has 0 saturated carbocycles. The predicted molar refractivity (Wildman–Crippen MR) is 115 cm³/mol. The number of nitrogens with zero attached hydrogens (tertiary/aromatic N) is 3. The van der Waals surface area contributed by atoms with Gasteiger partial charge in [0.25, 0.3) is 0 Å². The lowest BCUT2D eigenvalue weighted by atomic mass is 10.1. The van der Waals surface area contributed by atoms with E-state index in [0.29, 0.717) is 6.61 Å². The molecule has 0 fully saturated rings. The normalized spacial score (nSPS) is 11.1. The van der Waals surface area contributed by atoms with Crippen LogP contribution < -0.4 is 4.74 Å². The van der Waals surface area contributed by atoms with Gasteiger partial charge in [0.2, 0.25) is 0 Å². The zero-order chi connectivity index (χ0) is 19.5. The molecule has 0 aliphatic heterocycles. The highest BCUT2D eigenvalue weighted by atomic mass is 32.2. The minimum absolute atomic E-state index is 0.404. The van der Waals surface area contributed by atoms with Gasteiger partial charge in [0.1, 0.15) is 12.4 Å². The topological polar surface area (TPSA) is 39.9 Å². The average Bonchev–Trinajstić information content (AvgIpc) is 3.07. The first-order chi connectivity index (χ1) is 13.6. The molecule has 1 aromatic heterocycles. The van der Waals surface area contributed by atoms with Crippen LogP contribution in [0.4, 0.5) is 0 Å². The molecule has 0 bridgehead atoms. The van der Waals surface area contributed by atoms with Crippen LogP contribution in [0.5, 0.6) is 5.75 Å². The van der Waals surface area contributed by atoms with Crippen molar-refractivity contribution in [3.8, 4) is 5.75 Å². The standard InChI is InChI=1S/C23H23N3OS/c1-16-11-12-20(13-17(16)2)27-14-22-24-25-23(26(22)3)28-15-19-9-6-8-18-7-4-5-10-21(18)19/h4-13H,14-15H2,1-3H3. The van der Waals surface area contributed by atoms with Crippen molar-refractivity contribution in [2.45, 2.75) is 31.4 Å². The summed E-state index contributed by atoms with van der Waals surface area (Å²) in [5.41, 5.74) is 3.79. The molecule has 0 radical (unpaired) electrons. The van der Waals surface area contributed by atoms with Gasteiger partial charge in [-0.25, -0.2) is 0 Å². The molecule has 0 N–H and O–H groups in total. The molecule has 1 heterocycles. The average molecular weight is 390 g/mol. The molecule has 142 valence electrons. The van der Waals surface area contributed by atoms with Crippen LogP contribution in [0.25, 0.3) is 10.8 Å². The SMILES string of the molecule is Cc1ccc(OCc2nnc(SCc3cccc4ccccc34)n2C)cc1C.